The van der Waals surface area contributed by atoms with Crippen LogP contribution < -0.4 is 0 Å². The highest BCUT2D eigenvalue weighted by atomic mass is 19.2. The summed E-state index contributed by atoms with van der Waals surface area (Å²) >= 11 is 0. The van der Waals surface area contributed by atoms with E-state index in [4.69, 9.17) is 0 Å². The molecule has 0 saturated carbocycles. The molecule has 6 nitrogen and oxygen atoms in total. The quantitative estimate of drug-likeness (QED) is 0.128. The van der Waals surface area contributed by atoms with E-state index in [0.29, 0.717) is 6.21 Å². The number of nitrogens with zero attached hydrogens (tertiary/aromatic N) is 1. The number of halogens is 4. The van der Waals surface area contributed by atoms with Crippen molar-refractivity contribution in [2.24, 2.45) is 4.99 Å². The normalized spacial score (nSPS) is 13.1. The monoisotopic (exact) mass is 379 g/mol. The Balaban J connectivity index is 3.59. The summed E-state index contributed by atoms with van der Waals surface area (Å²) in [6.07, 6.45) is 0.651. The number of aliphatic hydroxyl groups is 3. The van der Waals surface area contributed by atoms with Gasteiger partial charge < -0.3 is 20.1 Å². The maximum Gasteiger partial charge on any atom is 0.343 e. The molecule has 0 radical (unpaired) electrons. The minimum absolute atomic E-state index is 0.157. The van der Waals surface area contributed by atoms with Gasteiger partial charge in [0.05, 0.1) is 25.4 Å². The zero-order valence-electron chi connectivity index (χ0n) is 13.9. The fourth-order valence-electron chi connectivity index (χ4n) is 1.66. The SMILES string of the molecule is CCOC(=O)/C(C=NC(C)(CO)CO)=C(\O)c1cc(F)c(F)c(F)c1F. The van der Waals surface area contributed by atoms with Crippen LogP contribution in [-0.2, 0) is 9.53 Å². The molecule has 0 saturated heterocycles. The number of carbonyl (C=O) groups is 1. The summed E-state index contributed by atoms with van der Waals surface area (Å²) < 4.78 is 58.3. The van der Waals surface area contributed by atoms with Crippen LogP contribution in [-0.4, -0.2) is 52.9 Å². The van der Waals surface area contributed by atoms with Crippen molar-refractivity contribution in [3.05, 3.63) is 40.5 Å². The first-order valence-corrected chi connectivity index (χ1v) is 7.32. The van der Waals surface area contributed by atoms with E-state index in [0.717, 1.165) is 0 Å². The second kappa shape index (κ2) is 8.77. The van der Waals surface area contributed by atoms with Gasteiger partial charge in [0.2, 0.25) is 0 Å². The molecule has 0 aliphatic carbocycles. The van der Waals surface area contributed by atoms with Gasteiger partial charge in [-0.3, -0.25) is 4.99 Å². The van der Waals surface area contributed by atoms with Gasteiger partial charge in [-0.15, -0.1) is 0 Å². The Morgan fingerprint density at radius 1 is 1.19 bits per heavy atom. The number of carbonyl (C=O) groups excluding carboxylic acids is 1. The summed E-state index contributed by atoms with van der Waals surface area (Å²) in [5.41, 5.74) is -3.41. The van der Waals surface area contributed by atoms with Crippen LogP contribution in [0.4, 0.5) is 17.6 Å². The Morgan fingerprint density at radius 2 is 1.77 bits per heavy atom. The van der Waals surface area contributed by atoms with E-state index < -0.39 is 64.9 Å². The number of hydrogen-bond acceptors (Lipinski definition) is 6. The van der Waals surface area contributed by atoms with Crippen LogP contribution in [0.5, 0.6) is 0 Å². The lowest BCUT2D eigenvalue weighted by Gasteiger charge is -2.19. The predicted molar refractivity (Wildman–Crippen MR) is 83.5 cm³/mol. The maximum atomic E-state index is 13.9. The molecule has 0 atom stereocenters. The van der Waals surface area contributed by atoms with E-state index in [9.17, 15) is 37.7 Å². The third-order valence-corrected chi connectivity index (χ3v) is 3.29. The van der Waals surface area contributed by atoms with E-state index in [2.05, 4.69) is 9.73 Å². The molecule has 0 aliphatic heterocycles. The summed E-state index contributed by atoms with van der Waals surface area (Å²) in [4.78, 5) is 15.7. The molecule has 0 fully saturated rings. The molecule has 144 valence electrons. The van der Waals surface area contributed by atoms with E-state index in [1.54, 1.807) is 0 Å². The highest BCUT2D eigenvalue weighted by Gasteiger charge is 2.26. The van der Waals surface area contributed by atoms with E-state index in [1.807, 2.05) is 0 Å². The molecule has 1 rings (SSSR count). The summed E-state index contributed by atoms with van der Waals surface area (Å²) in [5.74, 6) is -10.5. The van der Waals surface area contributed by atoms with Gasteiger partial charge in [-0.2, -0.15) is 0 Å². The maximum absolute atomic E-state index is 13.9. The lowest BCUT2D eigenvalue weighted by Crippen LogP contribution is -2.32. The number of benzene rings is 1. The fraction of sp³-hybridized carbons (Fsp3) is 0.375. The lowest BCUT2D eigenvalue weighted by molar-refractivity contribution is -0.137. The number of esters is 1. The van der Waals surface area contributed by atoms with Gasteiger partial charge in [-0.05, 0) is 19.9 Å². The molecule has 0 aliphatic rings. The van der Waals surface area contributed by atoms with Crippen LogP contribution >= 0.6 is 0 Å². The zero-order chi connectivity index (χ0) is 20.1. The Kier molecular flexibility index (Phi) is 7.28. The fourth-order valence-corrected chi connectivity index (χ4v) is 1.66. The molecule has 0 unspecified atom stereocenters. The smallest absolute Gasteiger partial charge is 0.343 e. The highest BCUT2D eigenvalue weighted by molar-refractivity contribution is 6.15. The van der Waals surface area contributed by atoms with Gasteiger partial charge in [-0.25, -0.2) is 22.4 Å². The first-order chi connectivity index (χ1) is 12.1. The van der Waals surface area contributed by atoms with Crippen molar-refractivity contribution in [3.63, 3.8) is 0 Å². The first-order valence-electron chi connectivity index (χ1n) is 7.32. The minimum Gasteiger partial charge on any atom is -0.506 e. The number of aliphatic hydroxyl groups excluding tert-OH is 3. The van der Waals surface area contributed by atoms with Crippen molar-refractivity contribution in [2.75, 3.05) is 19.8 Å². The summed E-state index contributed by atoms with van der Waals surface area (Å²) in [7, 11) is 0. The summed E-state index contributed by atoms with van der Waals surface area (Å²) in [5, 5.41) is 28.5. The third-order valence-electron chi connectivity index (χ3n) is 3.29. The van der Waals surface area contributed by atoms with Gasteiger partial charge in [-0.1, -0.05) is 0 Å². The number of aliphatic imine (C=N–C) groups is 1. The average molecular weight is 379 g/mol. The Bertz CT molecular complexity index is 745. The van der Waals surface area contributed by atoms with Crippen molar-refractivity contribution in [1.29, 1.82) is 0 Å². The van der Waals surface area contributed by atoms with Crippen molar-refractivity contribution in [1.82, 2.24) is 0 Å². The van der Waals surface area contributed by atoms with Crippen molar-refractivity contribution >= 4 is 17.9 Å². The second-order valence-corrected chi connectivity index (χ2v) is 5.40. The molecule has 0 bridgehead atoms. The Hall–Kier alpha value is -2.46. The molecule has 10 heteroatoms. The molecule has 0 aromatic heterocycles. The summed E-state index contributed by atoms with van der Waals surface area (Å²) in [6.45, 7) is 1.26. The van der Waals surface area contributed by atoms with E-state index in [-0.39, 0.29) is 12.7 Å². The van der Waals surface area contributed by atoms with Gasteiger partial charge in [0, 0.05) is 6.21 Å². The van der Waals surface area contributed by atoms with Crippen LogP contribution in [0, 0.1) is 23.3 Å². The molecule has 26 heavy (non-hydrogen) atoms. The molecular weight excluding hydrogens is 362 g/mol. The third kappa shape index (κ3) is 4.58. The number of ether oxygens (including phenoxy) is 1. The number of rotatable bonds is 7. The topological polar surface area (TPSA) is 99.4 Å². The minimum atomic E-state index is -2.18. The molecule has 1 aromatic carbocycles. The predicted octanol–water partition coefficient (Wildman–Crippen LogP) is 1.89. The Morgan fingerprint density at radius 3 is 2.27 bits per heavy atom. The lowest BCUT2D eigenvalue weighted by atomic mass is 10.1. The highest BCUT2D eigenvalue weighted by Crippen LogP contribution is 2.25. The van der Waals surface area contributed by atoms with Crippen molar-refractivity contribution in [2.45, 2.75) is 19.4 Å². The molecule has 1 aromatic rings. The zero-order valence-corrected chi connectivity index (χ0v) is 13.9. The van der Waals surface area contributed by atoms with Crippen molar-refractivity contribution in [3.8, 4) is 0 Å². The molecule has 0 heterocycles. The number of hydrogen-bond donors (Lipinski definition) is 3. The molecule has 0 amide bonds. The van der Waals surface area contributed by atoms with Crippen molar-refractivity contribution < 1.29 is 42.4 Å². The van der Waals surface area contributed by atoms with Gasteiger partial charge in [0.25, 0.3) is 0 Å². The molecule has 0 spiro atoms. The van der Waals surface area contributed by atoms with Crippen LogP contribution in [0.1, 0.15) is 19.4 Å². The summed E-state index contributed by atoms with van der Waals surface area (Å²) in [6, 6.07) is 0.160. The van der Waals surface area contributed by atoms with Gasteiger partial charge in [0.15, 0.2) is 23.3 Å². The van der Waals surface area contributed by atoms with Crippen LogP contribution in [0.25, 0.3) is 5.76 Å². The standard InChI is InChI=1S/C16H17F4NO5/c1-3-26-15(25)9(5-21-16(2,6-22)7-23)14(24)8-4-10(17)12(19)13(20)11(8)18/h4-5,22-24H,3,6-7H2,1-2H3/b14-9-,21-5?. The largest absolute Gasteiger partial charge is 0.506 e. The van der Waals surface area contributed by atoms with Gasteiger partial charge in [0.1, 0.15) is 16.9 Å². The first kappa shape index (κ1) is 21.6. The Labute approximate surface area is 146 Å². The van der Waals surface area contributed by atoms with Gasteiger partial charge >= 0.3 is 5.97 Å². The van der Waals surface area contributed by atoms with E-state index in [1.165, 1.54) is 13.8 Å². The van der Waals surface area contributed by atoms with Crippen LogP contribution in [0.2, 0.25) is 0 Å². The molecule has 3 N–H and O–H groups in total. The second-order valence-electron chi connectivity index (χ2n) is 5.40. The van der Waals surface area contributed by atoms with Crippen LogP contribution in [0.15, 0.2) is 16.6 Å². The van der Waals surface area contributed by atoms with Crippen LogP contribution in [0.3, 0.4) is 0 Å². The average Bonchev–Trinajstić information content (AvgIpc) is 2.62. The van der Waals surface area contributed by atoms with E-state index >= 15 is 0 Å². The molecular formula is C16H17F4NO5.